The molecular weight excluding hydrogens is 297 g/mol. The zero-order chi connectivity index (χ0) is 15.8. The fourth-order valence-corrected chi connectivity index (χ4v) is 3.21. The Labute approximate surface area is 133 Å². The van der Waals surface area contributed by atoms with Crippen LogP contribution < -0.4 is 14.4 Å². The van der Waals surface area contributed by atoms with Crippen LogP contribution in [0.1, 0.15) is 17.9 Å². The summed E-state index contributed by atoms with van der Waals surface area (Å²) in [5, 5.41) is 0. The van der Waals surface area contributed by atoms with Gasteiger partial charge in [0.1, 0.15) is 23.9 Å². The molecule has 0 spiro atoms. The van der Waals surface area contributed by atoms with Crippen molar-refractivity contribution in [3.05, 3.63) is 53.8 Å². The van der Waals surface area contributed by atoms with E-state index in [0.717, 1.165) is 11.3 Å². The minimum absolute atomic E-state index is 0.0316. The van der Waals surface area contributed by atoms with E-state index in [4.69, 9.17) is 9.47 Å². The molecule has 1 amide bonds. The van der Waals surface area contributed by atoms with Gasteiger partial charge in [-0.2, -0.15) is 0 Å². The predicted molar refractivity (Wildman–Crippen MR) is 83.5 cm³/mol. The molecule has 0 saturated carbocycles. The van der Waals surface area contributed by atoms with E-state index in [-0.39, 0.29) is 17.6 Å². The van der Waals surface area contributed by atoms with E-state index in [2.05, 4.69) is 0 Å². The van der Waals surface area contributed by atoms with Gasteiger partial charge in [-0.3, -0.25) is 4.79 Å². The minimum atomic E-state index is -0.376. The number of nitrogens with zero attached hydrogens (tertiary/aromatic N) is 1. The van der Waals surface area contributed by atoms with Crippen LogP contribution in [0, 0.1) is 5.82 Å². The number of ether oxygens (including phenoxy) is 2. The Bertz CT molecular complexity index is 762. The van der Waals surface area contributed by atoms with Gasteiger partial charge in [0.05, 0.1) is 24.8 Å². The quantitative estimate of drug-likeness (QED) is 0.812. The van der Waals surface area contributed by atoms with Gasteiger partial charge in [-0.25, -0.2) is 4.39 Å². The number of carbonyl (C=O) groups is 1. The molecule has 2 heterocycles. The van der Waals surface area contributed by atoms with E-state index in [1.807, 2.05) is 24.3 Å². The zero-order valence-corrected chi connectivity index (χ0v) is 12.5. The Morgan fingerprint density at radius 1 is 1.09 bits per heavy atom. The van der Waals surface area contributed by atoms with E-state index in [9.17, 15) is 9.18 Å². The molecular formula is C18H16FNO3. The number of benzene rings is 2. The van der Waals surface area contributed by atoms with Crippen LogP contribution in [-0.2, 0) is 4.79 Å². The summed E-state index contributed by atoms with van der Waals surface area (Å²) in [6.07, 6.45) is 0.623. The fraction of sp³-hybridized carbons (Fsp3) is 0.278. The Hall–Kier alpha value is -2.56. The first-order valence-electron chi connectivity index (χ1n) is 7.69. The number of amides is 1. The third kappa shape index (κ3) is 2.42. The summed E-state index contributed by atoms with van der Waals surface area (Å²) in [6.45, 7) is 1.35. The second-order valence-electron chi connectivity index (χ2n) is 5.68. The lowest BCUT2D eigenvalue weighted by atomic mass is 9.91. The lowest BCUT2D eigenvalue weighted by Crippen LogP contribution is -2.42. The molecule has 2 aliphatic rings. The zero-order valence-electron chi connectivity index (χ0n) is 12.5. The first-order valence-corrected chi connectivity index (χ1v) is 7.69. The maximum absolute atomic E-state index is 13.6. The molecule has 2 aromatic rings. The SMILES string of the molecule is O=C(C1CCOc2ccccc21)N1CCOc2ccc(F)cc21. The lowest BCUT2D eigenvalue weighted by molar-refractivity contribution is -0.120. The lowest BCUT2D eigenvalue weighted by Gasteiger charge is -2.34. The van der Waals surface area contributed by atoms with Gasteiger partial charge in [0.15, 0.2) is 0 Å². The second-order valence-corrected chi connectivity index (χ2v) is 5.68. The number of carbonyl (C=O) groups excluding carboxylic acids is 1. The van der Waals surface area contributed by atoms with Gasteiger partial charge in [-0.05, 0) is 24.6 Å². The first-order chi connectivity index (χ1) is 11.2. The molecule has 0 aromatic heterocycles. The van der Waals surface area contributed by atoms with E-state index >= 15 is 0 Å². The van der Waals surface area contributed by atoms with E-state index < -0.39 is 0 Å². The van der Waals surface area contributed by atoms with Crippen molar-refractivity contribution in [2.24, 2.45) is 0 Å². The maximum Gasteiger partial charge on any atom is 0.235 e. The van der Waals surface area contributed by atoms with Crippen molar-refractivity contribution in [2.45, 2.75) is 12.3 Å². The van der Waals surface area contributed by atoms with E-state index in [0.29, 0.717) is 37.6 Å². The third-order valence-electron chi connectivity index (χ3n) is 4.31. The summed E-state index contributed by atoms with van der Waals surface area (Å²) >= 11 is 0. The van der Waals surface area contributed by atoms with Crippen molar-refractivity contribution in [3.8, 4) is 11.5 Å². The van der Waals surface area contributed by atoms with Crippen molar-refractivity contribution in [3.63, 3.8) is 0 Å². The van der Waals surface area contributed by atoms with Gasteiger partial charge in [0.25, 0.3) is 0 Å². The number of para-hydroxylation sites is 1. The maximum atomic E-state index is 13.6. The average molecular weight is 313 g/mol. The third-order valence-corrected chi connectivity index (χ3v) is 4.31. The van der Waals surface area contributed by atoms with Crippen LogP contribution >= 0.6 is 0 Å². The normalized spacial score (nSPS) is 19.2. The summed E-state index contributed by atoms with van der Waals surface area (Å²) in [7, 11) is 0. The topological polar surface area (TPSA) is 38.8 Å². The van der Waals surface area contributed by atoms with Crippen LogP contribution in [0.3, 0.4) is 0 Å². The van der Waals surface area contributed by atoms with Crippen LogP contribution in [0.25, 0.3) is 0 Å². The Balaban J connectivity index is 1.71. The molecule has 0 fully saturated rings. The Morgan fingerprint density at radius 2 is 1.91 bits per heavy atom. The Morgan fingerprint density at radius 3 is 2.83 bits per heavy atom. The molecule has 0 N–H and O–H groups in total. The molecule has 0 radical (unpaired) electrons. The second kappa shape index (κ2) is 5.57. The number of anilines is 1. The van der Waals surface area contributed by atoms with Crippen LogP contribution in [0.4, 0.5) is 10.1 Å². The predicted octanol–water partition coefficient (Wildman–Crippen LogP) is 3.12. The molecule has 0 saturated heterocycles. The summed E-state index contributed by atoms with van der Waals surface area (Å²) < 4.78 is 24.8. The molecule has 23 heavy (non-hydrogen) atoms. The van der Waals surface area contributed by atoms with Gasteiger partial charge in [-0.15, -0.1) is 0 Å². The summed E-state index contributed by atoms with van der Waals surface area (Å²) in [6, 6.07) is 11.9. The average Bonchev–Trinajstić information content (AvgIpc) is 2.60. The number of fused-ring (bicyclic) bond motifs is 2. The van der Waals surface area contributed by atoms with Gasteiger partial charge >= 0.3 is 0 Å². The minimum Gasteiger partial charge on any atom is -0.493 e. The molecule has 0 aliphatic carbocycles. The van der Waals surface area contributed by atoms with Crippen LogP contribution in [-0.4, -0.2) is 25.7 Å². The molecule has 0 bridgehead atoms. The van der Waals surface area contributed by atoms with Crippen LogP contribution in [0.5, 0.6) is 11.5 Å². The number of halogens is 1. The summed E-state index contributed by atoms with van der Waals surface area (Å²) in [5.41, 5.74) is 1.40. The van der Waals surface area contributed by atoms with E-state index in [1.54, 1.807) is 11.0 Å². The molecule has 2 aliphatic heterocycles. The molecule has 4 nitrogen and oxygen atoms in total. The highest BCUT2D eigenvalue weighted by molar-refractivity contribution is 6.00. The van der Waals surface area contributed by atoms with Gasteiger partial charge in [0, 0.05) is 11.6 Å². The van der Waals surface area contributed by atoms with Gasteiger partial charge in [0.2, 0.25) is 5.91 Å². The summed E-state index contributed by atoms with van der Waals surface area (Å²) in [4.78, 5) is 14.7. The molecule has 2 aromatic carbocycles. The van der Waals surface area contributed by atoms with Crippen molar-refractivity contribution in [1.29, 1.82) is 0 Å². The fourth-order valence-electron chi connectivity index (χ4n) is 3.21. The number of hydrogen-bond donors (Lipinski definition) is 0. The van der Waals surface area contributed by atoms with E-state index in [1.165, 1.54) is 12.1 Å². The first kappa shape index (κ1) is 14.1. The number of hydrogen-bond acceptors (Lipinski definition) is 3. The smallest absolute Gasteiger partial charge is 0.235 e. The highest BCUT2D eigenvalue weighted by Crippen LogP contribution is 2.38. The summed E-state index contributed by atoms with van der Waals surface area (Å²) in [5.74, 6) is 0.626. The number of rotatable bonds is 1. The van der Waals surface area contributed by atoms with Crippen molar-refractivity contribution in [1.82, 2.24) is 0 Å². The van der Waals surface area contributed by atoms with Crippen molar-refractivity contribution >= 4 is 11.6 Å². The van der Waals surface area contributed by atoms with Crippen LogP contribution in [0.2, 0.25) is 0 Å². The van der Waals surface area contributed by atoms with Gasteiger partial charge in [-0.1, -0.05) is 18.2 Å². The molecule has 5 heteroatoms. The molecule has 1 atom stereocenters. The molecule has 4 rings (SSSR count). The largest absolute Gasteiger partial charge is 0.493 e. The van der Waals surface area contributed by atoms with Crippen LogP contribution in [0.15, 0.2) is 42.5 Å². The molecule has 118 valence electrons. The molecule has 1 unspecified atom stereocenters. The standard InChI is InChI=1S/C18H16FNO3/c19-12-5-6-17-15(11-12)20(8-10-23-17)18(21)14-7-9-22-16-4-2-1-3-13(14)16/h1-6,11,14H,7-10H2. The highest BCUT2D eigenvalue weighted by atomic mass is 19.1. The van der Waals surface area contributed by atoms with Crippen molar-refractivity contribution in [2.75, 3.05) is 24.7 Å². The van der Waals surface area contributed by atoms with Crippen molar-refractivity contribution < 1.29 is 18.7 Å². The van der Waals surface area contributed by atoms with Gasteiger partial charge < -0.3 is 14.4 Å². The highest BCUT2D eigenvalue weighted by Gasteiger charge is 2.34. The Kier molecular flexibility index (Phi) is 3.41. The monoisotopic (exact) mass is 313 g/mol.